The Kier molecular flexibility index (Phi) is 3.07. The SMILES string of the molecule is CC1CN(C)CCN1c1cccc(C#N)n1. The normalized spacial score (nSPS) is 21.8. The van der Waals surface area contributed by atoms with E-state index in [0.29, 0.717) is 11.7 Å². The Morgan fingerprint density at radius 2 is 2.25 bits per heavy atom. The summed E-state index contributed by atoms with van der Waals surface area (Å²) in [5, 5.41) is 8.83. The van der Waals surface area contributed by atoms with Crippen LogP contribution >= 0.6 is 0 Å². The van der Waals surface area contributed by atoms with Gasteiger partial charge in [0.05, 0.1) is 0 Å². The fraction of sp³-hybridized carbons (Fsp3) is 0.500. The van der Waals surface area contributed by atoms with Crippen LogP contribution in [0.5, 0.6) is 0 Å². The second kappa shape index (κ2) is 4.50. The molecule has 2 heterocycles. The van der Waals surface area contributed by atoms with Crippen molar-refractivity contribution >= 4 is 5.82 Å². The highest BCUT2D eigenvalue weighted by molar-refractivity contribution is 5.43. The van der Waals surface area contributed by atoms with Gasteiger partial charge in [0.1, 0.15) is 17.6 Å². The van der Waals surface area contributed by atoms with Crippen LogP contribution in [0.3, 0.4) is 0 Å². The van der Waals surface area contributed by atoms with Gasteiger partial charge in [0.25, 0.3) is 0 Å². The number of nitriles is 1. The van der Waals surface area contributed by atoms with E-state index in [1.807, 2.05) is 12.1 Å². The van der Waals surface area contributed by atoms with Crippen LogP contribution in [-0.4, -0.2) is 42.6 Å². The van der Waals surface area contributed by atoms with E-state index >= 15 is 0 Å². The van der Waals surface area contributed by atoms with E-state index in [1.165, 1.54) is 0 Å². The number of likely N-dealkylation sites (N-methyl/N-ethyl adjacent to an activating group) is 1. The lowest BCUT2D eigenvalue weighted by atomic mass is 10.2. The molecule has 1 aliphatic heterocycles. The number of piperazine rings is 1. The molecule has 1 aliphatic rings. The maximum absolute atomic E-state index is 8.83. The summed E-state index contributed by atoms with van der Waals surface area (Å²) >= 11 is 0. The number of hydrogen-bond acceptors (Lipinski definition) is 4. The number of anilines is 1. The molecule has 4 nitrogen and oxygen atoms in total. The Bertz CT molecular complexity index is 410. The highest BCUT2D eigenvalue weighted by atomic mass is 15.3. The molecular formula is C12H16N4. The number of pyridine rings is 1. The summed E-state index contributed by atoms with van der Waals surface area (Å²) in [5.74, 6) is 0.916. The quantitative estimate of drug-likeness (QED) is 0.705. The van der Waals surface area contributed by atoms with Crippen molar-refractivity contribution in [3.8, 4) is 6.07 Å². The first-order valence-electron chi connectivity index (χ1n) is 5.53. The Balaban J connectivity index is 2.20. The third-order valence-corrected chi connectivity index (χ3v) is 2.97. The predicted octanol–water partition coefficient (Wildman–Crippen LogP) is 1.09. The predicted molar refractivity (Wildman–Crippen MR) is 63.3 cm³/mol. The molecule has 16 heavy (non-hydrogen) atoms. The van der Waals surface area contributed by atoms with Crippen LogP contribution in [0.25, 0.3) is 0 Å². The van der Waals surface area contributed by atoms with Crippen LogP contribution in [-0.2, 0) is 0 Å². The van der Waals surface area contributed by atoms with Crippen molar-refractivity contribution in [1.82, 2.24) is 9.88 Å². The zero-order chi connectivity index (χ0) is 11.5. The third kappa shape index (κ3) is 2.15. The van der Waals surface area contributed by atoms with Crippen molar-refractivity contribution in [2.45, 2.75) is 13.0 Å². The van der Waals surface area contributed by atoms with E-state index in [0.717, 1.165) is 25.5 Å². The molecule has 1 saturated heterocycles. The van der Waals surface area contributed by atoms with E-state index in [1.54, 1.807) is 6.07 Å². The maximum Gasteiger partial charge on any atom is 0.142 e. The number of aromatic nitrogens is 1. The van der Waals surface area contributed by atoms with Gasteiger partial charge in [-0.1, -0.05) is 6.07 Å². The van der Waals surface area contributed by atoms with Crippen molar-refractivity contribution in [2.75, 3.05) is 31.6 Å². The lowest BCUT2D eigenvalue weighted by molar-refractivity contribution is 0.274. The van der Waals surface area contributed by atoms with Crippen LogP contribution in [0, 0.1) is 11.3 Å². The molecule has 0 N–H and O–H groups in total. The summed E-state index contributed by atoms with van der Waals surface area (Å²) in [7, 11) is 2.13. The minimum atomic E-state index is 0.445. The summed E-state index contributed by atoms with van der Waals surface area (Å²) in [6.45, 7) is 5.25. The first kappa shape index (κ1) is 10.9. The molecule has 0 aromatic carbocycles. The molecule has 0 bridgehead atoms. The molecular weight excluding hydrogens is 200 g/mol. The minimum Gasteiger partial charge on any atom is -0.351 e. The largest absolute Gasteiger partial charge is 0.351 e. The third-order valence-electron chi connectivity index (χ3n) is 2.97. The summed E-state index contributed by atoms with van der Waals surface area (Å²) in [5.41, 5.74) is 0.489. The van der Waals surface area contributed by atoms with Gasteiger partial charge in [0.15, 0.2) is 0 Å². The van der Waals surface area contributed by atoms with E-state index in [2.05, 4.69) is 34.8 Å². The van der Waals surface area contributed by atoms with Gasteiger partial charge < -0.3 is 9.80 Å². The summed E-state index contributed by atoms with van der Waals surface area (Å²) in [4.78, 5) is 8.92. The fourth-order valence-electron chi connectivity index (χ4n) is 2.13. The zero-order valence-electron chi connectivity index (χ0n) is 9.72. The number of rotatable bonds is 1. The second-order valence-corrected chi connectivity index (χ2v) is 4.30. The molecule has 2 rings (SSSR count). The van der Waals surface area contributed by atoms with Crippen molar-refractivity contribution < 1.29 is 0 Å². The van der Waals surface area contributed by atoms with Crippen molar-refractivity contribution in [3.63, 3.8) is 0 Å². The van der Waals surface area contributed by atoms with Gasteiger partial charge in [-0.3, -0.25) is 0 Å². The Morgan fingerprint density at radius 3 is 2.94 bits per heavy atom. The van der Waals surface area contributed by atoms with Gasteiger partial charge in [-0.15, -0.1) is 0 Å². The first-order chi connectivity index (χ1) is 7.70. The maximum atomic E-state index is 8.83. The van der Waals surface area contributed by atoms with Crippen molar-refractivity contribution in [1.29, 1.82) is 5.26 Å². The van der Waals surface area contributed by atoms with E-state index < -0.39 is 0 Å². The number of hydrogen-bond donors (Lipinski definition) is 0. The van der Waals surface area contributed by atoms with Crippen LogP contribution < -0.4 is 4.90 Å². The lowest BCUT2D eigenvalue weighted by Gasteiger charge is -2.39. The smallest absolute Gasteiger partial charge is 0.142 e. The summed E-state index contributed by atoms with van der Waals surface area (Å²) < 4.78 is 0. The molecule has 4 heteroatoms. The molecule has 0 amide bonds. The van der Waals surface area contributed by atoms with Gasteiger partial charge >= 0.3 is 0 Å². The van der Waals surface area contributed by atoms with Crippen molar-refractivity contribution in [2.24, 2.45) is 0 Å². The van der Waals surface area contributed by atoms with Crippen molar-refractivity contribution in [3.05, 3.63) is 23.9 Å². The molecule has 1 aromatic heterocycles. The van der Waals surface area contributed by atoms with E-state index in [9.17, 15) is 0 Å². The minimum absolute atomic E-state index is 0.445. The molecule has 0 aliphatic carbocycles. The molecule has 0 spiro atoms. The first-order valence-corrected chi connectivity index (χ1v) is 5.53. The average molecular weight is 216 g/mol. The van der Waals surface area contributed by atoms with Crippen LogP contribution in [0.1, 0.15) is 12.6 Å². The van der Waals surface area contributed by atoms with Gasteiger partial charge in [0.2, 0.25) is 0 Å². The Morgan fingerprint density at radius 1 is 1.44 bits per heavy atom. The van der Waals surface area contributed by atoms with E-state index in [-0.39, 0.29) is 0 Å². The molecule has 1 fully saturated rings. The fourth-order valence-corrected chi connectivity index (χ4v) is 2.13. The number of nitrogens with zero attached hydrogens (tertiary/aromatic N) is 4. The van der Waals surface area contributed by atoms with E-state index in [4.69, 9.17) is 5.26 Å². The average Bonchev–Trinajstić information content (AvgIpc) is 2.29. The molecule has 1 unspecified atom stereocenters. The van der Waals surface area contributed by atoms with Crippen LogP contribution in [0.2, 0.25) is 0 Å². The highest BCUT2D eigenvalue weighted by Crippen LogP contribution is 2.17. The highest BCUT2D eigenvalue weighted by Gasteiger charge is 2.22. The lowest BCUT2D eigenvalue weighted by Crippen LogP contribution is -2.50. The van der Waals surface area contributed by atoms with Crippen LogP contribution in [0.15, 0.2) is 18.2 Å². The zero-order valence-corrected chi connectivity index (χ0v) is 9.72. The Labute approximate surface area is 96.1 Å². The molecule has 1 atom stereocenters. The molecule has 0 saturated carbocycles. The monoisotopic (exact) mass is 216 g/mol. The Hall–Kier alpha value is -1.60. The van der Waals surface area contributed by atoms with Gasteiger partial charge in [-0.25, -0.2) is 4.98 Å². The van der Waals surface area contributed by atoms with Gasteiger partial charge in [-0.05, 0) is 26.1 Å². The standard InChI is InChI=1S/C12H16N4/c1-10-9-15(2)6-7-16(10)12-5-3-4-11(8-13)14-12/h3-5,10H,6-7,9H2,1-2H3. The molecule has 1 aromatic rings. The van der Waals surface area contributed by atoms with Gasteiger partial charge in [-0.2, -0.15) is 5.26 Å². The second-order valence-electron chi connectivity index (χ2n) is 4.30. The van der Waals surface area contributed by atoms with Gasteiger partial charge in [0, 0.05) is 25.7 Å². The summed E-state index contributed by atoms with van der Waals surface area (Å²) in [6.07, 6.45) is 0. The molecule has 84 valence electrons. The van der Waals surface area contributed by atoms with Crippen LogP contribution in [0.4, 0.5) is 5.82 Å². The summed E-state index contributed by atoms with van der Waals surface area (Å²) in [6, 6.07) is 8.14. The topological polar surface area (TPSA) is 43.2 Å². The molecule has 0 radical (unpaired) electrons.